The van der Waals surface area contributed by atoms with Crippen LogP contribution in [0.4, 0.5) is 4.79 Å². The summed E-state index contributed by atoms with van der Waals surface area (Å²) in [5.74, 6) is 0.177. The maximum Gasteiger partial charge on any atom is 0.315 e. The van der Waals surface area contributed by atoms with Crippen molar-refractivity contribution in [3.63, 3.8) is 0 Å². The molecule has 124 valence electrons. The van der Waals surface area contributed by atoms with E-state index in [-0.39, 0.29) is 24.4 Å². The lowest BCUT2D eigenvalue weighted by Crippen LogP contribution is -2.43. The van der Waals surface area contributed by atoms with E-state index in [0.717, 1.165) is 19.3 Å². The Morgan fingerprint density at radius 3 is 2.19 bits per heavy atom. The van der Waals surface area contributed by atoms with Crippen LogP contribution in [0.25, 0.3) is 0 Å². The molecule has 0 radical (unpaired) electrons. The molecule has 0 bridgehead atoms. The third-order valence-corrected chi connectivity index (χ3v) is 3.65. The van der Waals surface area contributed by atoms with E-state index in [1.165, 1.54) is 0 Å². The normalized spacial score (nSPS) is 15.3. The summed E-state index contributed by atoms with van der Waals surface area (Å²) in [5, 5.41) is 14.6. The molecule has 21 heavy (non-hydrogen) atoms. The highest BCUT2D eigenvalue weighted by atomic mass is 16.4. The predicted molar refractivity (Wildman–Crippen MR) is 85.3 cm³/mol. The number of amides is 2. The highest BCUT2D eigenvalue weighted by Gasteiger charge is 2.17. The van der Waals surface area contributed by atoms with Gasteiger partial charge in [0.25, 0.3) is 0 Å². The number of carboxylic acids is 1. The van der Waals surface area contributed by atoms with Gasteiger partial charge in [-0.3, -0.25) is 4.79 Å². The van der Waals surface area contributed by atoms with Crippen LogP contribution in [0.3, 0.4) is 0 Å². The molecule has 0 heterocycles. The Hall–Kier alpha value is -1.26. The van der Waals surface area contributed by atoms with Crippen molar-refractivity contribution in [2.75, 3.05) is 6.54 Å². The lowest BCUT2D eigenvalue weighted by Gasteiger charge is -2.20. The zero-order valence-corrected chi connectivity index (χ0v) is 14.1. The molecule has 0 fully saturated rings. The molecule has 0 aromatic carbocycles. The van der Waals surface area contributed by atoms with Crippen molar-refractivity contribution in [2.45, 2.75) is 66.3 Å². The van der Waals surface area contributed by atoms with E-state index in [1.54, 1.807) is 0 Å². The smallest absolute Gasteiger partial charge is 0.315 e. The van der Waals surface area contributed by atoms with Crippen LogP contribution in [-0.4, -0.2) is 29.7 Å². The number of carbonyl (C=O) groups is 2. The second-order valence-electron chi connectivity index (χ2n) is 6.60. The molecule has 2 amide bonds. The summed E-state index contributed by atoms with van der Waals surface area (Å²) in [6.07, 6.45) is 2.95. The fraction of sp³-hybridized carbons (Fsp3) is 0.875. The van der Waals surface area contributed by atoms with Gasteiger partial charge in [0.2, 0.25) is 0 Å². The maximum absolute atomic E-state index is 11.8. The van der Waals surface area contributed by atoms with Gasteiger partial charge < -0.3 is 15.7 Å². The largest absolute Gasteiger partial charge is 0.481 e. The van der Waals surface area contributed by atoms with E-state index in [4.69, 9.17) is 5.11 Å². The quantitative estimate of drug-likeness (QED) is 0.579. The van der Waals surface area contributed by atoms with Gasteiger partial charge in [0.1, 0.15) is 0 Å². The van der Waals surface area contributed by atoms with Crippen molar-refractivity contribution in [1.82, 2.24) is 10.6 Å². The van der Waals surface area contributed by atoms with E-state index >= 15 is 0 Å². The van der Waals surface area contributed by atoms with Gasteiger partial charge >= 0.3 is 12.0 Å². The van der Waals surface area contributed by atoms with Gasteiger partial charge in [0, 0.05) is 19.0 Å². The molecule has 0 aromatic heterocycles. The minimum atomic E-state index is -0.812. The Morgan fingerprint density at radius 2 is 1.71 bits per heavy atom. The SMILES string of the molecule is CCC(C)CC(C)NC(=O)NCC(CC(=O)O)CC(C)C. The van der Waals surface area contributed by atoms with Crippen molar-refractivity contribution in [2.24, 2.45) is 17.8 Å². The Kier molecular flexibility index (Phi) is 9.84. The van der Waals surface area contributed by atoms with E-state index in [2.05, 4.69) is 38.3 Å². The molecule has 0 spiro atoms. The Morgan fingerprint density at radius 1 is 1.10 bits per heavy atom. The van der Waals surface area contributed by atoms with E-state index in [1.807, 2.05) is 6.92 Å². The first-order valence-electron chi connectivity index (χ1n) is 8.00. The summed E-state index contributed by atoms with van der Waals surface area (Å²) in [6, 6.07) is -0.0760. The Balaban J connectivity index is 4.14. The summed E-state index contributed by atoms with van der Waals surface area (Å²) < 4.78 is 0. The molecule has 0 saturated carbocycles. The molecule has 3 unspecified atom stereocenters. The lowest BCUT2D eigenvalue weighted by molar-refractivity contribution is -0.138. The number of hydrogen-bond donors (Lipinski definition) is 3. The van der Waals surface area contributed by atoms with Crippen molar-refractivity contribution >= 4 is 12.0 Å². The first-order valence-corrected chi connectivity index (χ1v) is 8.00. The van der Waals surface area contributed by atoms with Crippen LogP contribution in [0.2, 0.25) is 0 Å². The van der Waals surface area contributed by atoms with Gasteiger partial charge in [-0.1, -0.05) is 34.1 Å². The van der Waals surface area contributed by atoms with Gasteiger partial charge in [0.05, 0.1) is 0 Å². The molecule has 0 aliphatic carbocycles. The molecule has 0 rings (SSSR count). The van der Waals surface area contributed by atoms with E-state index in [9.17, 15) is 9.59 Å². The number of rotatable bonds is 10. The van der Waals surface area contributed by atoms with Crippen LogP contribution in [0.1, 0.15) is 60.3 Å². The number of nitrogens with one attached hydrogen (secondary N) is 2. The molecule has 5 nitrogen and oxygen atoms in total. The predicted octanol–water partition coefficient (Wildman–Crippen LogP) is 3.25. The van der Waals surface area contributed by atoms with Gasteiger partial charge in [-0.25, -0.2) is 4.79 Å². The Bertz CT molecular complexity index is 319. The van der Waals surface area contributed by atoms with Crippen LogP contribution in [-0.2, 0) is 4.79 Å². The van der Waals surface area contributed by atoms with Crippen molar-refractivity contribution in [3.05, 3.63) is 0 Å². The average molecular weight is 300 g/mol. The number of hydrogen-bond acceptors (Lipinski definition) is 2. The van der Waals surface area contributed by atoms with Gasteiger partial charge in [0.15, 0.2) is 0 Å². The zero-order chi connectivity index (χ0) is 16.4. The third-order valence-electron chi connectivity index (χ3n) is 3.65. The molecule has 3 N–H and O–H groups in total. The van der Waals surface area contributed by atoms with Gasteiger partial charge in [-0.15, -0.1) is 0 Å². The summed E-state index contributed by atoms with van der Waals surface area (Å²) in [6.45, 7) is 10.8. The van der Waals surface area contributed by atoms with Crippen molar-refractivity contribution in [3.8, 4) is 0 Å². The molecule has 0 aliphatic rings. The topological polar surface area (TPSA) is 78.4 Å². The number of carbonyl (C=O) groups excluding carboxylic acids is 1. The second kappa shape index (κ2) is 10.5. The van der Waals surface area contributed by atoms with E-state index < -0.39 is 5.97 Å². The fourth-order valence-corrected chi connectivity index (χ4v) is 2.49. The molecule has 3 atom stereocenters. The first-order chi connectivity index (χ1) is 9.74. The molecule has 5 heteroatoms. The minimum Gasteiger partial charge on any atom is -0.481 e. The van der Waals surface area contributed by atoms with Crippen LogP contribution in [0.15, 0.2) is 0 Å². The molecule has 0 aromatic rings. The van der Waals surface area contributed by atoms with E-state index in [0.29, 0.717) is 18.4 Å². The third kappa shape index (κ3) is 11.1. The average Bonchev–Trinajstić information content (AvgIpc) is 2.34. The lowest BCUT2D eigenvalue weighted by atomic mass is 9.94. The van der Waals surface area contributed by atoms with Crippen LogP contribution < -0.4 is 10.6 Å². The van der Waals surface area contributed by atoms with Crippen molar-refractivity contribution < 1.29 is 14.7 Å². The Labute approximate surface area is 128 Å². The highest BCUT2D eigenvalue weighted by molar-refractivity contribution is 5.74. The first kappa shape index (κ1) is 19.7. The number of urea groups is 1. The zero-order valence-electron chi connectivity index (χ0n) is 14.1. The maximum atomic E-state index is 11.8. The van der Waals surface area contributed by atoms with Gasteiger partial charge in [-0.05, 0) is 37.5 Å². The summed E-state index contributed by atoms with van der Waals surface area (Å²) in [4.78, 5) is 22.7. The summed E-state index contributed by atoms with van der Waals surface area (Å²) in [7, 11) is 0. The van der Waals surface area contributed by atoms with Crippen LogP contribution >= 0.6 is 0 Å². The summed E-state index contributed by atoms with van der Waals surface area (Å²) in [5.41, 5.74) is 0. The van der Waals surface area contributed by atoms with Crippen LogP contribution in [0, 0.1) is 17.8 Å². The highest BCUT2D eigenvalue weighted by Crippen LogP contribution is 2.14. The second-order valence-corrected chi connectivity index (χ2v) is 6.60. The monoisotopic (exact) mass is 300 g/mol. The molecular formula is C16H32N2O3. The molecular weight excluding hydrogens is 268 g/mol. The molecule has 0 saturated heterocycles. The molecule has 0 aliphatic heterocycles. The summed E-state index contributed by atoms with van der Waals surface area (Å²) >= 11 is 0. The number of carboxylic acid groups (broad SMARTS) is 1. The van der Waals surface area contributed by atoms with Crippen molar-refractivity contribution in [1.29, 1.82) is 0 Å². The standard InChI is InChI=1S/C16H32N2O3/c1-6-12(4)8-13(5)18-16(21)17-10-14(7-11(2)3)9-15(19)20/h11-14H,6-10H2,1-5H3,(H,19,20)(H2,17,18,21). The number of aliphatic carboxylic acids is 1. The fourth-order valence-electron chi connectivity index (χ4n) is 2.49. The van der Waals surface area contributed by atoms with Crippen LogP contribution in [0.5, 0.6) is 0 Å². The minimum absolute atomic E-state index is 0.0156. The van der Waals surface area contributed by atoms with Gasteiger partial charge in [-0.2, -0.15) is 0 Å².